The van der Waals surface area contributed by atoms with Crippen LogP contribution in [0.25, 0.3) is 32.7 Å². The number of benzene rings is 4. The van der Waals surface area contributed by atoms with Gasteiger partial charge in [-0.1, -0.05) is 66.7 Å². The van der Waals surface area contributed by atoms with Gasteiger partial charge in [0.1, 0.15) is 0 Å². The van der Waals surface area contributed by atoms with E-state index < -0.39 is 5.92 Å². The number of esters is 1. The Morgan fingerprint density at radius 3 is 2.03 bits per heavy atom. The average Bonchev–Trinajstić information content (AvgIpc) is 2.81. The van der Waals surface area contributed by atoms with Crippen LogP contribution in [0.3, 0.4) is 0 Å². The molecule has 4 aromatic carbocycles. The van der Waals surface area contributed by atoms with E-state index in [1.807, 2.05) is 54.6 Å². The molecule has 30 heavy (non-hydrogen) atoms. The number of carbonyl (C=O) groups excluding carboxylic acids is 3. The van der Waals surface area contributed by atoms with Crippen molar-refractivity contribution in [2.24, 2.45) is 0 Å². The molecule has 0 saturated carbocycles. The molecular weight excluding hydrogens is 376 g/mol. The Bertz CT molecular complexity index is 1300. The Balaban J connectivity index is 2.06. The molecule has 0 bridgehead atoms. The summed E-state index contributed by atoms with van der Waals surface area (Å²) in [6.07, 6.45) is 1.64. The molecule has 0 radical (unpaired) electrons. The fourth-order valence-electron chi connectivity index (χ4n) is 3.99. The second-order valence-corrected chi connectivity index (χ2v) is 7.24. The lowest BCUT2D eigenvalue weighted by molar-refractivity contribution is -0.141. The highest BCUT2D eigenvalue weighted by atomic mass is 16.5. The van der Waals surface area contributed by atoms with Crippen LogP contribution in [-0.4, -0.2) is 25.7 Å². The van der Waals surface area contributed by atoms with Gasteiger partial charge in [-0.05, 0) is 34.0 Å². The zero-order valence-corrected chi connectivity index (χ0v) is 16.7. The molecule has 0 saturated heterocycles. The van der Waals surface area contributed by atoms with Gasteiger partial charge < -0.3 is 4.74 Å². The monoisotopic (exact) mass is 396 g/mol. The standard InChI is InChI=1S/C26H20O4/c1-16(26(29)30-2)18-11-12-23-19(13-18)8-10-21(15-28)25(23)24-20(14-27)9-7-17-5-3-4-6-22(17)24/h3-16H,1-2H3. The molecule has 4 nitrogen and oxygen atoms in total. The number of aldehydes is 2. The van der Waals surface area contributed by atoms with E-state index in [4.69, 9.17) is 4.74 Å². The number of methoxy groups -OCH3 is 1. The topological polar surface area (TPSA) is 60.4 Å². The van der Waals surface area contributed by atoms with E-state index in [0.29, 0.717) is 11.1 Å². The van der Waals surface area contributed by atoms with E-state index in [9.17, 15) is 14.4 Å². The molecule has 148 valence electrons. The zero-order chi connectivity index (χ0) is 21.3. The van der Waals surface area contributed by atoms with Crippen LogP contribution in [0.5, 0.6) is 0 Å². The summed E-state index contributed by atoms with van der Waals surface area (Å²) in [7, 11) is 1.37. The van der Waals surface area contributed by atoms with Crippen LogP contribution in [0.1, 0.15) is 39.1 Å². The summed E-state index contributed by atoms with van der Waals surface area (Å²) in [4.78, 5) is 35.8. The lowest BCUT2D eigenvalue weighted by Crippen LogP contribution is -2.10. The second kappa shape index (κ2) is 7.91. The number of rotatable bonds is 5. The summed E-state index contributed by atoms with van der Waals surface area (Å²) in [5.41, 5.74) is 3.32. The van der Waals surface area contributed by atoms with Crippen LogP contribution in [0.15, 0.2) is 66.7 Å². The Morgan fingerprint density at radius 1 is 0.800 bits per heavy atom. The van der Waals surface area contributed by atoms with Gasteiger partial charge in [0.05, 0.1) is 13.0 Å². The fraction of sp³-hybridized carbons (Fsp3) is 0.115. The van der Waals surface area contributed by atoms with Crippen molar-refractivity contribution >= 4 is 40.1 Å². The molecule has 0 heterocycles. The van der Waals surface area contributed by atoms with Crippen molar-refractivity contribution in [3.05, 3.63) is 83.4 Å². The SMILES string of the molecule is COC(=O)C(C)c1ccc2c(-c3c(C=O)ccc4ccccc34)c(C=O)ccc2c1. The van der Waals surface area contributed by atoms with Crippen LogP contribution in [-0.2, 0) is 9.53 Å². The highest BCUT2D eigenvalue weighted by Gasteiger charge is 2.19. The summed E-state index contributed by atoms with van der Waals surface area (Å²) < 4.78 is 4.86. The molecule has 4 heteroatoms. The van der Waals surface area contributed by atoms with Gasteiger partial charge in [-0.15, -0.1) is 0 Å². The van der Waals surface area contributed by atoms with E-state index in [-0.39, 0.29) is 5.97 Å². The number of hydrogen-bond acceptors (Lipinski definition) is 4. The first-order valence-corrected chi connectivity index (χ1v) is 9.66. The van der Waals surface area contributed by atoms with E-state index in [1.54, 1.807) is 19.1 Å². The number of ether oxygens (including phenoxy) is 1. The lowest BCUT2D eigenvalue weighted by atomic mass is 9.86. The van der Waals surface area contributed by atoms with Gasteiger partial charge in [-0.2, -0.15) is 0 Å². The van der Waals surface area contributed by atoms with Crippen molar-refractivity contribution in [3.63, 3.8) is 0 Å². The number of hydrogen-bond donors (Lipinski definition) is 0. The van der Waals surface area contributed by atoms with Gasteiger partial charge >= 0.3 is 5.97 Å². The van der Waals surface area contributed by atoms with Crippen molar-refractivity contribution in [2.75, 3.05) is 7.11 Å². The Labute approximate surface area is 174 Å². The van der Waals surface area contributed by atoms with Crippen LogP contribution < -0.4 is 0 Å². The molecule has 0 aliphatic heterocycles. The highest BCUT2D eigenvalue weighted by molar-refractivity contribution is 6.14. The molecule has 1 unspecified atom stereocenters. The number of carbonyl (C=O) groups is 3. The average molecular weight is 396 g/mol. The molecule has 0 fully saturated rings. The van der Waals surface area contributed by atoms with Crippen molar-refractivity contribution in [1.82, 2.24) is 0 Å². The summed E-state index contributed by atoms with van der Waals surface area (Å²) in [6.45, 7) is 1.79. The minimum absolute atomic E-state index is 0.309. The molecular formula is C26H20O4. The highest BCUT2D eigenvalue weighted by Crippen LogP contribution is 2.39. The predicted molar refractivity (Wildman–Crippen MR) is 118 cm³/mol. The van der Waals surface area contributed by atoms with Crippen LogP contribution >= 0.6 is 0 Å². The van der Waals surface area contributed by atoms with Crippen molar-refractivity contribution in [2.45, 2.75) is 12.8 Å². The molecule has 0 aromatic heterocycles. The number of fused-ring (bicyclic) bond motifs is 2. The van der Waals surface area contributed by atoms with E-state index in [1.165, 1.54) is 7.11 Å². The Morgan fingerprint density at radius 2 is 1.40 bits per heavy atom. The Kier molecular flexibility index (Phi) is 5.15. The van der Waals surface area contributed by atoms with Crippen molar-refractivity contribution < 1.29 is 19.1 Å². The van der Waals surface area contributed by atoms with Gasteiger partial charge in [-0.25, -0.2) is 0 Å². The van der Waals surface area contributed by atoms with E-state index in [2.05, 4.69) is 0 Å². The maximum Gasteiger partial charge on any atom is 0.312 e. The molecule has 0 aliphatic rings. The summed E-state index contributed by atoms with van der Waals surface area (Å²) in [5.74, 6) is -0.715. The van der Waals surface area contributed by atoms with Crippen LogP contribution in [0, 0.1) is 0 Å². The molecule has 4 aromatic rings. The quantitative estimate of drug-likeness (QED) is 0.327. The molecule has 0 aliphatic carbocycles. The first-order chi connectivity index (χ1) is 14.6. The predicted octanol–water partition coefficient (Wildman–Crippen LogP) is 5.56. The Hall–Kier alpha value is -3.79. The van der Waals surface area contributed by atoms with Crippen molar-refractivity contribution in [3.8, 4) is 11.1 Å². The van der Waals surface area contributed by atoms with E-state index >= 15 is 0 Å². The smallest absolute Gasteiger partial charge is 0.312 e. The molecule has 0 amide bonds. The first-order valence-electron chi connectivity index (χ1n) is 9.66. The summed E-state index contributed by atoms with van der Waals surface area (Å²) in [6, 6.07) is 20.8. The third-order valence-corrected chi connectivity index (χ3v) is 5.60. The second-order valence-electron chi connectivity index (χ2n) is 7.24. The minimum atomic E-state index is -0.406. The van der Waals surface area contributed by atoms with Gasteiger partial charge in [0.2, 0.25) is 0 Å². The maximum absolute atomic E-state index is 12.0. The zero-order valence-electron chi connectivity index (χ0n) is 16.7. The third-order valence-electron chi connectivity index (χ3n) is 5.60. The normalized spacial score (nSPS) is 11.9. The van der Waals surface area contributed by atoms with Crippen LogP contribution in [0.2, 0.25) is 0 Å². The molecule has 0 N–H and O–H groups in total. The van der Waals surface area contributed by atoms with Gasteiger partial charge in [0, 0.05) is 22.3 Å². The third kappa shape index (κ3) is 3.16. The summed E-state index contributed by atoms with van der Waals surface area (Å²) in [5, 5.41) is 3.63. The van der Waals surface area contributed by atoms with Gasteiger partial charge in [0.15, 0.2) is 12.6 Å². The minimum Gasteiger partial charge on any atom is -0.469 e. The fourth-order valence-corrected chi connectivity index (χ4v) is 3.99. The maximum atomic E-state index is 12.0. The largest absolute Gasteiger partial charge is 0.469 e. The van der Waals surface area contributed by atoms with Gasteiger partial charge in [0.25, 0.3) is 0 Å². The van der Waals surface area contributed by atoms with Crippen molar-refractivity contribution in [1.29, 1.82) is 0 Å². The molecule has 1 atom stereocenters. The molecule has 0 spiro atoms. The van der Waals surface area contributed by atoms with E-state index in [0.717, 1.165) is 50.8 Å². The first kappa shape index (κ1) is 19.5. The van der Waals surface area contributed by atoms with Gasteiger partial charge in [-0.3, -0.25) is 14.4 Å². The molecule has 4 rings (SSSR count). The lowest BCUT2D eigenvalue weighted by Gasteiger charge is -2.16. The summed E-state index contributed by atoms with van der Waals surface area (Å²) >= 11 is 0. The van der Waals surface area contributed by atoms with Crippen LogP contribution in [0.4, 0.5) is 0 Å².